The van der Waals surface area contributed by atoms with Gasteiger partial charge in [-0.3, -0.25) is 0 Å². The Morgan fingerprint density at radius 1 is 1.20 bits per heavy atom. The van der Waals surface area contributed by atoms with Crippen LogP contribution in [-0.4, -0.2) is 37.9 Å². The SMILES string of the molecule is CCN(CC1CCC(CNC(C)C)O1)c1ccccc1. The fourth-order valence-electron chi connectivity index (χ4n) is 2.73. The summed E-state index contributed by atoms with van der Waals surface area (Å²) < 4.78 is 6.16. The van der Waals surface area contributed by atoms with E-state index in [2.05, 4.69) is 61.3 Å². The van der Waals surface area contributed by atoms with Crippen LogP contribution in [0.1, 0.15) is 33.6 Å². The van der Waals surface area contributed by atoms with E-state index in [9.17, 15) is 0 Å². The molecule has 1 aliphatic heterocycles. The summed E-state index contributed by atoms with van der Waals surface area (Å²) in [4.78, 5) is 2.41. The van der Waals surface area contributed by atoms with Gasteiger partial charge in [-0.2, -0.15) is 0 Å². The van der Waals surface area contributed by atoms with E-state index in [0.717, 1.165) is 19.6 Å². The Bertz CT molecular complexity index is 380. The number of para-hydroxylation sites is 1. The van der Waals surface area contributed by atoms with Crippen molar-refractivity contribution in [1.29, 1.82) is 0 Å². The number of anilines is 1. The molecule has 0 bridgehead atoms. The Morgan fingerprint density at radius 2 is 1.90 bits per heavy atom. The van der Waals surface area contributed by atoms with Gasteiger partial charge in [-0.25, -0.2) is 0 Å². The van der Waals surface area contributed by atoms with Crippen molar-refractivity contribution >= 4 is 5.69 Å². The third kappa shape index (κ3) is 4.50. The number of hydrogen-bond acceptors (Lipinski definition) is 3. The summed E-state index contributed by atoms with van der Waals surface area (Å²) in [7, 11) is 0. The van der Waals surface area contributed by atoms with Crippen LogP contribution in [-0.2, 0) is 4.74 Å². The largest absolute Gasteiger partial charge is 0.372 e. The van der Waals surface area contributed by atoms with Gasteiger partial charge in [-0.15, -0.1) is 0 Å². The molecule has 0 aromatic heterocycles. The van der Waals surface area contributed by atoms with Gasteiger partial charge in [0.25, 0.3) is 0 Å². The zero-order chi connectivity index (χ0) is 14.4. The average Bonchev–Trinajstić information content (AvgIpc) is 2.91. The predicted octanol–water partition coefficient (Wildman–Crippen LogP) is 3.06. The summed E-state index contributed by atoms with van der Waals surface area (Å²) in [6.07, 6.45) is 3.11. The molecule has 2 atom stereocenters. The third-order valence-corrected chi connectivity index (χ3v) is 3.88. The Morgan fingerprint density at radius 3 is 2.55 bits per heavy atom. The van der Waals surface area contributed by atoms with Crippen molar-refractivity contribution in [1.82, 2.24) is 5.32 Å². The molecule has 1 fully saturated rings. The summed E-state index contributed by atoms with van der Waals surface area (Å²) in [5.74, 6) is 0. The van der Waals surface area contributed by atoms with Gasteiger partial charge < -0.3 is 15.0 Å². The quantitative estimate of drug-likeness (QED) is 0.828. The van der Waals surface area contributed by atoms with Crippen LogP contribution in [0.2, 0.25) is 0 Å². The number of ether oxygens (including phenoxy) is 1. The lowest BCUT2D eigenvalue weighted by Crippen LogP contribution is -2.35. The number of nitrogens with one attached hydrogen (secondary N) is 1. The molecule has 0 amide bonds. The average molecular weight is 276 g/mol. The first-order valence-corrected chi connectivity index (χ1v) is 7.88. The Kier molecular flexibility index (Phi) is 5.86. The molecule has 1 saturated heterocycles. The van der Waals surface area contributed by atoms with E-state index in [-0.39, 0.29) is 0 Å². The molecule has 0 radical (unpaired) electrons. The van der Waals surface area contributed by atoms with Crippen LogP contribution in [0.5, 0.6) is 0 Å². The van der Waals surface area contributed by atoms with Gasteiger partial charge in [-0.05, 0) is 31.9 Å². The highest BCUT2D eigenvalue weighted by Gasteiger charge is 2.26. The van der Waals surface area contributed by atoms with Crippen LogP contribution >= 0.6 is 0 Å². The highest BCUT2D eigenvalue weighted by molar-refractivity contribution is 5.45. The van der Waals surface area contributed by atoms with Crippen molar-refractivity contribution in [2.24, 2.45) is 0 Å². The second-order valence-electron chi connectivity index (χ2n) is 5.89. The number of likely N-dealkylation sites (N-methyl/N-ethyl adjacent to an activating group) is 1. The van der Waals surface area contributed by atoms with Crippen LogP contribution < -0.4 is 10.2 Å². The molecule has 0 spiro atoms. The van der Waals surface area contributed by atoms with Crippen LogP contribution in [0, 0.1) is 0 Å². The van der Waals surface area contributed by atoms with Gasteiger partial charge in [0.1, 0.15) is 0 Å². The molecule has 112 valence electrons. The van der Waals surface area contributed by atoms with E-state index in [4.69, 9.17) is 4.74 Å². The van der Waals surface area contributed by atoms with Crippen molar-refractivity contribution in [2.45, 2.75) is 51.9 Å². The zero-order valence-corrected chi connectivity index (χ0v) is 13.0. The topological polar surface area (TPSA) is 24.5 Å². The molecule has 1 N–H and O–H groups in total. The van der Waals surface area contributed by atoms with Crippen molar-refractivity contribution in [3.05, 3.63) is 30.3 Å². The standard InChI is InChI=1S/C17H28N2O/c1-4-19(15-8-6-5-7-9-15)13-17-11-10-16(20-17)12-18-14(2)3/h5-9,14,16-18H,4,10-13H2,1-3H3. The normalized spacial score (nSPS) is 22.4. The highest BCUT2D eigenvalue weighted by atomic mass is 16.5. The van der Waals surface area contributed by atoms with E-state index in [1.165, 1.54) is 18.5 Å². The summed E-state index contributed by atoms with van der Waals surface area (Å²) in [6.45, 7) is 9.57. The lowest BCUT2D eigenvalue weighted by Gasteiger charge is -2.26. The molecule has 2 rings (SSSR count). The molecule has 3 heteroatoms. The number of benzene rings is 1. The lowest BCUT2D eigenvalue weighted by molar-refractivity contribution is 0.0485. The number of hydrogen-bond donors (Lipinski definition) is 1. The summed E-state index contributed by atoms with van der Waals surface area (Å²) >= 11 is 0. The van der Waals surface area contributed by atoms with Gasteiger partial charge >= 0.3 is 0 Å². The fraction of sp³-hybridized carbons (Fsp3) is 0.647. The van der Waals surface area contributed by atoms with Crippen molar-refractivity contribution in [3.63, 3.8) is 0 Å². The minimum absolute atomic E-state index is 0.370. The summed E-state index contributed by atoms with van der Waals surface area (Å²) in [5, 5.41) is 3.47. The number of rotatable bonds is 7. The van der Waals surface area contributed by atoms with Crippen molar-refractivity contribution < 1.29 is 4.74 Å². The van der Waals surface area contributed by atoms with E-state index in [1.807, 2.05) is 0 Å². The maximum Gasteiger partial charge on any atom is 0.0755 e. The minimum Gasteiger partial charge on any atom is -0.372 e. The van der Waals surface area contributed by atoms with Crippen LogP contribution in [0.4, 0.5) is 5.69 Å². The zero-order valence-electron chi connectivity index (χ0n) is 13.0. The molecule has 1 aromatic carbocycles. The van der Waals surface area contributed by atoms with Crippen molar-refractivity contribution in [2.75, 3.05) is 24.5 Å². The highest BCUT2D eigenvalue weighted by Crippen LogP contribution is 2.22. The summed E-state index contributed by atoms with van der Waals surface area (Å²) in [6, 6.07) is 11.2. The molecular weight excluding hydrogens is 248 g/mol. The van der Waals surface area contributed by atoms with Gasteiger partial charge in [-0.1, -0.05) is 32.0 Å². The van der Waals surface area contributed by atoms with Gasteiger partial charge in [0.05, 0.1) is 12.2 Å². The predicted molar refractivity (Wildman–Crippen MR) is 85.4 cm³/mol. The smallest absolute Gasteiger partial charge is 0.0755 e. The molecular formula is C17H28N2O. The Labute approximate surface area is 123 Å². The third-order valence-electron chi connectivity index (χ3n) is 3.88. The van der Waals surface area contributed by atoms with Crippen LogP contribution in [0.3, 0.4) is 0 Å². The van der Waals surface area contributed by atoms with E-state index < -0.39 is 0 Å². The van der Waals surface area contributed by atoms with Gasteiger partial charge in [0.15, 0.2) is 0 Å². The first kappa shape index (κ1) is 15.3. The second-order valence-corrected chi connectivity index (χ2v) is 5.89. The van der Waals surface area contributed by atoms with E-state index in [0.29, 0.717) is 18.2 Å². The lowest BCUT2D eigenvalue weighted by atomic mass is 10.1. The van der Waals surface area contributed by atoms with Gasteiger partial charge in [0.2, 0.25) is 0 Å². The molecule has 2 unspecified atom stereocenters. The van der Waals surface area contributed by atoms with Crippen LogP contribution in [0.15, 0.2) is 30.3 Å². The molecule has 0 aliphatic carbocycles. The first-order valence-electron chi connectivity index (χ1n) is 7.88. The Hall–Kier alpha value is -1.06. The maximum absolute atomic E-state index is 6.16. The Balaban J connectivity index is 1.81. The van der Waals surface area contributed by atoms with Gasteiger partial charge in [0, 0.05) is 31.4 Å². The molecule has 1 heterocycles. The molecule has 3 nitrogen and oxygen atoms in total. The van der Waals surface area contributed by atoms with E-state index in [1.54, 1.807) is 0 Å². The molecule has 20 heavy (non-hydrogen) atoms. The van der Waals surface area contributed by atoms with Crippen LogP contribution in [0.25, 0.3) is 0 Å². The molecule has 1 aliphatic rings. The maximum atomic E-state index is 6.16. The molecule has 0 saturated carbocycles. The van der Waals surface area contributed by atoms with E-state index >= 15 is 0 Å². The van der Waals surface area contributed by atoms with Crippen molar-refractivity contribution in [3.8, 4) is 0 Å². The molecule has 1 aromatic rings. The second kappa shape index (κ2) is 7.65. The first-order chi connectivity index (χ1) is 9.69. The minimum atomic E-state index is 0.370. The number of nitrogens with zero attached hydrogens (tertiary/aromatic N) is 1. The monoisotopic (exact) mass is 276 g/mol. The fourth-order valence-corrected chi connectivity index (χ4v) is 2.73. The summed E-state index contributed by atoms with van der Waals surface area (Å²) in [5.41, 5.74) is 1.29.